The highest BCUT2D eigenvalue weighted by Gasteiger charge is 2.34. The molecule has 4 aromatic heterocycles. The van der Waals surface area contributed by atoms with Crippen LogP contribution in [0.3, 0.4) is 0 Å². The number of hydrogen-bond acceptors (Lipinski definition) is 9. The van der Waals surface area contributed by atoms with Crippen molar-refractivity contribution < 1.29 is 4.79 Å². The van der Waals surface area contributed by atoms with Gasteiger partial charge in [-0.25, -0.2) is 19.9 Å². The van der Waals surface area contributed by atoms with Crippen molar-refractivity contribution in [1.29, 1.82) is 5.26 Å². The fourth-order valence-corrected chi connectivity index (χ4v) is 6.13. The molecule has 1 fully saturated rings. The zero-order chi connectivity index (χ0) is 31.7. The van der Waals surface area contributed by atoms with Crippen LogP contribution in [0.5, 0.6) is 0 Å². The van der Waals surface area contributed by atoms with Crippen LogP contribution in [0.15, 0.2) is 85.8 Å². The molecule has 4 heterocycles. The Labute approximate surface area is 268 Å². The third-order valence-corrected chi connectivity index (χ3v) is 8.61. The highest BCUT2D eigenvalue weighted by Crippen LogP contribution is 2.39. The molecule has 11 heteroatoms. The summed E-state index contributed by atoms with van der Waals surface area (Å²) in [6, 6.07) is 18.0. The van der Waals surface area contributed by atoms with Crippen molar-refractivity contribution >= 4 is 11.7 Å². The molecule has 0 saturated heterocycles. The summed E-state index contributed by atoms with van der Waals surface area (Å²) in [4.78, 5) is 36.0. The Hall–Kier alpha value is -5.50. The second-order valence-corrected chi connectivity index (χ2v) is 11.8. The number of nitriles is 1. The number of carbonyl (C=O) groups is 1. The molecule has 5 aromatic rings. The lowest BCUT2D eigenvalue weighted by atomic mass is 9.73. The maximum atomic E-state index is 13.8. The van der Waals surface area contributed by atoms with E-state index in [-0.39, 0.29) is 17.7 Å². The summed E-state index contributed by atoms with van der Waals surface area (Å²) in [5.41, 5.74) is 5.01. The molecule has 1 aromatic carbocycles. The number of anilines is 1. The molecule has 0 radical (unpaired) electrons. The van der Waals surface area contributed by atoms with Gasteiger partial charge in [0.1, 0.15) is 29.6 Å². The van der Waals surface area contributed by atoms with Gasteiger partial charge in [-0.3, -0.25) is 14.5 Å². The molecule has 11 nitrogen and oxygen atoms in total. The number of nitrogens with zero attached hydrogens (tertiary/aromatic N) is 8. The monoisotopic (exact) mass is 612 g/mol. The molecular weight excluding hydrogens is 576 g/mol. The molecule has 1 amide bonds. The van der Waals surface area contributed by atoms with E-state index in [2.05, 4.69) is 36.8 Å². The first-order valence-corrected chi connectivity index (χ1v) is 15.6. The number of aromatic nitrogens is 7. The molecule has 0 spiro atoms. The van der Waals surface area contributed by atoms with Gasteiger partial charge in [0, 0.05) is 49.7 Å². The fourth-order valence-electron chi connectivity index (χ4n) is 6.13. The van der Waals surface area contributed by atoms with Gasteiger partial charge in [0.25, 0.3) is 0 Å². The van der Waals surface area contributed by atoms with Crippen molar-refractivity contribution in [2.24, 2.45) is 18.9 Å². The van der Waals surface area contributed by atoms with Gasteiger partial charge in [0.2, 0.25) is 5.91 Å². The second-order valence-electron chi connectivity index (χ2n) is 11.8. The average molecular weight is 613 g/mol. The lowest BCUT2D eigenvalue weighted by molar-refractivity contribution is -0.124. The molecule has 1 aliphatic carbocycles. The summed E-state index contributed by atoms with van der Waals surface area (Å²) in [5.74, 6) is 1.41. The Bertz CT molecular complexity index is 1780. The summed E-state index contributed by atoms with van der Waals surface area (Å²) in [6.45, 7) is 0.909. The van der Waals surface area contributed by atoms with E-state index in [1.54, 1.807) is 17.1 Å². The zero-order valence-electron chi connectivity index (χ0n) is 25.8. The van der Waals surface area contributed by atoms with Crippen LogP contribution in [0, 0.1) is 23.2 Å². The van der Waals surface area contributed by atoms with Crippen LogP contribution >= 0.6 is 0 Å². The number of hydrogen-bond donors (Lipinski definition) is 2. The third kappa shape index (κ3) is 7.58. The summed E-state index contributed by atoms with van der Waals surface area (Å²) in [6.07, 6.45) is 14.8. The number of aryl methyl sites for hydroxylation is 1. The van der Waals surface area contributed by atoms with Gasteiger partial charge < -0.3 is 10.6 Å². The smallest absolute Gasteiger partial charge is 0.229 e. The Morgan fingerprint density at radius 2 is 1.83 bits per heavy atom. The summed E-state index contributed by atoms with van der Waals surface area (Å²) in [5, 5.41) is 20.3. The predicted octanol–water partition coefficient (Wildman–Crippen LogP) is 4.99. The van der Waals surface area contributed by atoms with Crippen LogP contribution in [-0.2, 0) is 31.4 Å². The average Bonchev–Trinajstić information content (AvgIpc) is 3.54. The summed E-state index contributed by atoms with van der Waals surface area (Å²) >= 11 is 0. The SMILES string of the molecule is Cn1cc(-c2ccc(C(C(=O)NCc3ccccc3)C3CCC(Cc4ncc(C#N)c(NCc5ccncn5)n4)CC3)nc2)cn1. The lowest BCUT2D eigenvalue weighted by Gasteiger charge is -2.33. The van der Waals surface area contributed by atoms with E-state index in [1.165, 1.54) is 6.33 Å². The maximum absolute atomic E-state index is 13.8. The van der Waals surface area contributed by atoms with Crippen molar-refractivity contribution in [2.45, 2.75) is 51.1 Å². The van der Waals surface area contributed by atoms with Gasteiger partial charge in [-0.15, -0.1) is 0 Å². The first kappa shape index (κ1) is 30.5. The van der Waals surface area contributed by atoms with Crippen molar-refractivity contribution in [2.75, 3.05) is 5.32 Å². The maximum Gasteiger partial charge on any atom is 0.229 e. The number of pyridine rings is 1. The Morgan fingerprint density at radius 1 is 0.978 bits per heavy atom. The molecule has 232 valence electrons. The van der Waals surface area contributed by atoms with Crippen LogP contribution < -0.4 is 10.6 Å². The molecule has 6 rings (SSSR count). The van der Waals surface area contributed by atoms with Crippen molar-refractivity contribution in [3.8, 4) is 17.2 Å². The van der Waals surface area contributed by atoms with E-state index < -0.39 is 0 Å². The molecule has 2 N–H and O–H groups in total. The van der Waals surface area contributed by atoms with Crippen molar-refractivity contribution in [1.82, 2.24) is 40.0 Å². The molecule has 1 unspecified atom stereocenters. The number of rotatable bonds is 11. The minimum absolute atomic E-state index is 0.00348. The summed E-state index contributed by atoms with van der Waals surface area (Å²) in [7, 11) is 1.89. The minimum Gasteiger partial charge on any atom is -0.363 e. The van der Waals surface area contributed by atoms with Gasteiger partial charge in [-0.2, -0.15) is 10.4 Å². The normalized spacial score (nSPS) is 16.7. The van der Waals surface area contributed by atoms with Gasteiger partial charge in [-0.1, -0.05) is 36.4 Å². The highest BCUT2D eigenvalue weighted by molar-refractivity contribution is 5.83. The number of amides is 1. The van der Waals surface area contributed by atoms with Crippen LogP contribution in [0.2, 0.25) is 0 Å². The van der Waals surface area contributed by atoms with E-state index in [9.17, 15) is 10.1 Å². The molecule has 46 heavy (non-hydrogen) atoms. The van der Waals surface area contributed by atoms with Gasteiger partial charge in [-0.05, 0) is 55.2 Å². The standard InChI is InChI=1S/C35H36N10O/c1-45-22-29(20-43-45)27-11-12-31(38-18-27)33(35(46)41-17-25-5-3-2-4-6-25)26-9-7-24(8-10-26)15-32-39-19-28(16-36)34(44-32)40-21-30-13-14-37-23-42-30/h2-6,11-14,18-20,22-24,26,33H,7-10,15,17,21H2,1H3,(H,41,46)(H,39,40,44). The zero-order valence-corrected chi connectivity index (χ0v) is 25.8. The molecular formula is C35H36N10O. The lowest BCUT2D eigenvalue weighted by Crippen LogP contribution is -2.35. The Kier molecular flexibility index (Phi) is 9.63. The number of nitrogens with one attached hydrogen (secondary N) is 2. The Morgan fingerprint density at radius 3 is 2.52 bits per heavy atom. The van der Waals surface area contributed by atoms with Crippen LogP contribution in [0.25, 0.3) is 11.1 Å². The topological polar surface area (TPSA) is 147 Å². The molecule has 0 aliphatic heterocycles. The highest BCUT2D eigenvalue weighted by atomic mass is 16.1. The van der Waals surface area contributed by atoms with Crippen molar-refractivity contribution in [3.05, 3.63) is 114 Å². The number of carbonyl (C=O) groups excluding carboxylic acids is 1. The van der Waals surface area contributed by atoms with Gasteiger partial charge in [0.15, 0.2) is 0 Å². The quantitative estimate of drug-likeness (QED) is 0.210. The van der Waals surface area contributed by atoms with Crippen LogP contribution in [0.4, 0.5) is 5.82 Å². The molecule has 1 atom stereocenters. The first-order chi connectivity index (χ1) is 22.6. The van der Waals surface area contributed by atoms with E-state index >= 15 is 0 Å². The number of benzene rings is 1. The third-order valence-electron chi connectivity index (χ3n) is 8.61. The Balaban J connectivity index is 1.13. The predicted molar refractivity (Wildman–Crippen MR) is 173 cm³/mol. The first-order valence-electron chi connectivity index (χ1n) is 15.6. The molecule has 1 aliphatic rings. The van der Waals surface area contributed by atoms with E-state index in [4.69, 9.17) is 9.97 Å². The second kappa shape index (κ2) is 14.5. The van der Waals surface area contributed by atoms with E-state index in [0.29, 0.717) is 42.6 Å². The largest absolute Gasteiger partial charge is 0.363 e. The van der Waals surface area contributed by atoms with Gasteiger partial charge in [0.05, 0.1) is 36.2 Å². The van der Waals surface area contributed by atoms with E-state index in [1.807, 2.05) is 74.2 Å². The van der Waals surface area contributed by atoms with Crippen LogP contribution in [0.1, 0.15) is 59.9 Å². The van der Waals surface area contributed by atoms with Crippen LogP contribution in [-0.4, -0.2) is 40.6 Å². The van der Waals surface area contributed by atoms with E-state index in [0.717, 1.165) is 53.8 Å². The summed E-state index contributed by atoms with van der Waals surface area (Å²) < 4.78 is 1.77. The fraction of sp³-hybridized carbons (Fsp3) is 0.314. The van der Waals surface area contributed by atoms with Gasteiger partial charge >= 0.3 is 0 Å². The molecule has 0 bridgehead atoms. The minimum atomic E-state index is -0.351. The van der Waals surface area contributed by atoms with Crippen molar-refractivity contribution in [3.63, 3.8) is 0 Å². The molecule has 1 saturated carbocycles.